The van der Waals surface area contributed by atoms with Crippen molar-refractivity contribution >= 4 is 17.1 Å². The number of esters is 1. The minimum Gasteiger partial charge on any atom is -0.423 e. The zero-order valence-corrected chi connectivity index (χ0v) is 13.7. The summed E-state index contributed by atoms with van der Waals surface area (Å²) in [7, 11) is 0. The first-order chi connectivity index (χ1) is 11.2. The van der Waals surface area contributed by atoms with Crippen molar-refractivity contribution in [1.82, 2.24) is 0 Å². The van der Waals surface area contributed by atoms with Crippen LogP contribution >= 0.6 is 0 Å². The first kappa shape index (κ1) is 16.8. The molecule has 0 N–H and O–H groups in total. The molecule has 0 bridgehead atoms. The molecule has 23 heavy (non-hydrogen) atoms. The van der Waals surface area contributed by atoms with Gasteiger partial charge in [-0.3, -0.25) is 0 Å². The van der Waals surface area contributed by atoms with Gasteiger partial charge in [-0.15, -0.1) is 0 Å². The van der Waals surface area contributed by atoms with Gasteiger partial charge in [-0.1, -0.05) is 62.9 Å². The number of allylic oxidation sites excluding steroid dienone is 2. The number of carbonyl (C=O) groups is 1. The fraction of sp³-hybridized carbons (Fsp3) is 0.190. The fourth-order valence-corrected chi connectivity index (χ4v) is 2.70. The van der Waals surface area contributed by atoms with Gasteiger partial charge in [-0.25, -0.2) is 4.79 Å². The highest BCUT2D eigenvalue weighted by Gasteiger charge is 2.09. The molecule has 2 aromatic rings. The monoisotopic (exact) mass is 306 g/mol. The Bertz CT molecular complexity index is 694. The van der Waals surface area contributed by atoms with Crippen LogP contribution < -0.4 is 4.74 Å². The van der Waals surface area contributed by atoms with Crippen LogP contribution in [0.15, 0.2) is 67.3 Å². The zero-order chi connectivity index (χ0) is 16.7. The van der Waals surface area contributed by atoms with Gasteiger partial charge in [0.15, 0.2) is 0 Å². The van der Waals surface area contributed by atoms with Crippen molar-refractivity contribution in [1.29, 1.82) is 0 Å². The summed E-state index contributed by atoms with van der Waals surface area (Å²) in [5.74, 6) is 0.0920. The van der Waals surface area contributed by atoms with Crippen molar-refractivity contribution in [3.8, 4) is 5.75 Å². The predicted octanol–water partition coefficient (Wildman–Crippen LogP) is 5.51. The molecular weight excluding hydrogens is 284 g/mol. The Morgan fingerprint density at radius 3 is 1.91 bits per heavy atom. The Kier molecular flexibility index (Phi) is 5.93. The molecule has 0 aromatic heterocycles. The third kappa shape index (κ3) is 4.19. The maximum atomic E-state index is 11.2. The Hall–Kier alpha value is -2.61. The van der Waals surface area contributed by atoms with E-state index in [2.05, 4.69) is 44.7 Å². The Morgan fingerprint density at radius 2 is 1.43 bits per heavy atom. The molecule has 2 nitrogen and oxygen atoms in total. The average Bonchev–Trinajstić information content (AvgIpc) is 2.61. The standard InChI is InChI=1S/C21H22O2/c1-4-19(16-10-8-7-9-11-16)20(5-2)17-12-14-18(15-13-17)23-21(22)6-3/h6-15H,3-5H2,1-2H3. The van der Waals surface area contributed by atoms with Crippen LogP contribution in [0.4, 0.5) is 0 Å². The quantitative estimate of drug-likeness (QED) is 0.304. The van der Waals surface area contributed by atoms with E-state index in [0.717, 1.165) is 24.5 Å². The SMILES string of the molecule is C=CC(=O)Oc1ccc(C(CC)=C(CC)c2ccccc2)cc1. The van der Waals surface area contributed by atoms with Crippen molar-refractivity contribution in [3.05, 3.63) is 78.4 Å². The third-order valence-electron chi connectivity index (χ3n) is 3.78. The van der Waals surface area contributed by atoms with E-state index in [-0.39, 0.29) is 0 Å². The zero-order valence-electron chi connectivity index (χ0n) is 13.7. The molecule has 0 spiro atoms. The molecule has 2 aromatic carbocycles. The third-order valence-corrected chi connectivity index (χ3v) is 3.78. The molecule has 0 fully saturated rings. The Morgan fingerprint density at radius 1 is 0.913 bits per heavy atom. The molecule has 0 atom stereocenters. The van der Waals surface area contributed by atoms with Crippen molar-refractivity contribution in [3.63, 3.8) is 0 Å². The first-order valence-corrected chi connectivity index (χ1v) is 7.91. The molecule has 118 valence electrons. The van der Waals surface area contributed by atoms with Crippen molar-refractivity contribution in [2.75, 3.05) is 0 Å². The summed E-state index contributed by atoms with van der Waals surface area (Å²) in [6.45, 7) is 7.75. The van der Waals surface area contributed by atoms with Gasteiger partial charge in [-0.2, -0.15) is 0 Å². The van der Waals surface area contributed by atoms with Gasteiger partial charge < -0.3 is 4.74 Å². The number of benzene rings is 2. The molecule has 0 saturated heterocycles. The van der Waals surface area contributed by atoms with E-state index in [9.17, 15) is 4.79 Å². The highest BCUT2D eigenvalue weighted by atomic mass is 16.5. The second kappa shape index (κ2) is 8.14. The summed E-state index contributed by atoms with van der Waals surface area (Å²) in [6, 6.07) is 18.1. The minimum absolute atomic E-state index is 0.442. The molecule has 0 radical (unpaired) electrons. The maximum Gasteiger partial charge on any atom is 0.335 e. The van der Waals surface area contributed by atoms with Gasteiger partial charge in [0, 0.05) is 6.08 Å². The fourth-order valence-electron chi connectivity index (χ4n) is 2.70. The molecule has 2 rings (SSSR count). The molecule has 0 amide bonds. The second-order valence-electron chi connectivity index (χ2n) is 5.18. The van der Waals surface area contributed by atoms with Gasteiger partial charge in [0.05, 0.1) is 0 Å². The summed E-state index contributed by atoms with van der Waals surface area (Å²) in [4.78, 5) is 11.2. The summed E-state index contributed by atoms with van der Waals surface area (Å²) in [5.41, 5.74) is 5.09. The summed E-state index contributed by atoms with van der Waals surface area (Å²) >= 11 is 0. The molecular formula is C21H22O2. The van der Waals surface area contributed by atoms with E-state index < -0.39 is 5.97 Å². The van der Waals surface area contributed by atoms with E-state index in [0.29, 0.717) is 5.75 Å². The topological polar surface area (TPSA) is 26.3 Å². The van der Waals surface area contributed by atoms with Crippen LogP contribution in [-0.4, -0.2) is 5.97 Å². The smallest absolute Gasteiger partial charge is 0.335 e. The maximum absolute atomic E-state index is 11.2. The number of hydrogen-bond donors (Lipinski definition) is 0. The first-order valence-electron chi connectivity index (χ1n) is 7.91. The van der Waals surface area contributed by atoms with Gasteiger partial charge in [0.2, 0.25) is 0 Å². The van der Waals surface area contributed by atoms with Crippen molar-refractivity contribution in [2.45, 2.75) is 26.7 Å². The van der Waals surface area contributed by atoms with Crippen LogP contribution in [0.25, 0.3) is 11.1 Å². The van der Waals surface area contributed by atoms with Gasteiger partial charge >= 0.3 is 5.97 Å². The second-order valence-corrected chi connectivity index (χ2v) is 5.18. The van der Waals surface area contributed by atoms with E-state index in [1.807, 2.05) is 30.3 Å². The van der Waals surface area contributed by atoms with Gasteiger partial charge in [0.25, 0.3) is 0 Å². The predicted molar refractivity (Wildman–Crippen MR) is 96.1 cm³/mol. The lowest BCUT2D eigenvalue weighted by Gasteiger charge is -2.14. The lowest BCUT2D eigenvalue weighted by Crippen LogP contribution is -2.02. The van der Waals surface area contributed by atoms with Crippen molar-refractivity contribution in [2.24, 2.45) is 0 Å². The van der Waals surface area contributed by atoms with Crippen LogP contribution in [0, 0.1) is 0 Å². The number of rotatable bonds is 6. The molecule has 0 saturated carbocycles. The van der Waals surface area contributed by atoms with Crippen LogP contribution in [-0.2, 0) is 4.79 Å². The van der Waals surface area contributed by atoms with Crippen LogP contribution in [0.3, 0.4) is 0 Å². The van der Waals surface area contributed by atoms with E-state index in [1.54, 1.807) is 0 Å². The average molecular weight is 306 g/mol. The van der Waals surface area contributed by atoms with Crippen LogP contribution in [0.2, 0.25) is 0 Å². The molecule has 0 heterocycles. The molecule has 0 aliphatic carbocycles. The van der Waals surface area contributed by atoms with Gasteiger partial charge in [0.1, 0.15) is 5.75 Å². The number of hydrogen-bond acceptors (Lipinski definition) is 2. The van der Waals surface area contributed by atoms with E-state index in [4.69, 9.17) is 4.74 Å². The van der Waals surface area contributed by atoms with E-state index in [1.165, 1.54) is 16.7 Å². The van der Waals surface area contributed by atoms with Crippen molar-refractivity contribution < 1.29 is 9.53 Å². The summed E-state index contributed by atoms with van der Waals surface area (Å²) < 4.78 is 5.13. The van der Waals surface area contributed by atoms with E-state index >= 15 is 0 Å². The highest BCUT2D eigenvalue weighted by Crippen LogP contribution is 2.32. The Balaban J connectivity index is 2.38. The minimum atomic E-state index is -0.442. The molecule has 2 heteroatoms. The highest BCUT2D eigenvalue weighted by molar-refractivity contribution is 5.91. The molecule has 0 aliphatic heterocycles. The summed E-state index contributed by atoms with van der Waals surface area (Å²) in [6.07, 6.45) is 3.08. The van der Waals surface area contributed by atoms with Crippen LogP contribution in [0.5, 0.6) is 5.75 Å². The number of ether oxygens (including phenoxy) is 1. The molecule has 0 unspecified atom stereocenters. The Labute approximate surface area is 138 Å². The lowest BCUT2D eigenvalue weighted by molar-refractivity contribution is -0.128. The largest absolute Gasteiger partial charge is 0.423 e. The number of carbonyl (C=O) groups excluding carboxylic acids is 1. The summed E-state index contributed by atoms with van der Waals surface area (Å²) in [5, 5.41) is 0. The normalized spacial score (nSPS) is 11.6. The lowest BCUT2D eigenvalue weighted by atomic mass is 9.91. The molecule has 0 aliphatic rings. The van der Waals surface area contributed by atoms with Gasteiger partial charge in [-0.05, 0) is 47.2 Å². The van der Waals surface area contributed by atoms with Crippen LogP contribution in [0.1, 0.15) is 37.8 Å².